The van der Waals surface area contributed by atoms with Crippen LogP contribution in [0.1, 0.15) is 18.1 Å². The molecule has 6 heteroatoms. The fourth-order valence-electron chi connectivity index (χ4n) is 2.77. The van der Waals surface area contributed by atoms with Crippen LogP contribution in [-0.4, -0.2) is 30.8 Å². The second kappa shape index (κ2) is 4.33. The van der Waals surface area contributed by atoms with Gasteiger partial charge in [-0.2, -0.15) is 5.10 Å². The van der Waals surface area contributed by atoms with Crippen molar-refractivity contribution in [3.05, 3.63) is 35.9 Å². The van der Waals surface area contributed by atoms with Crippen LogP contribution in [0.25, 0.3) is 11.0 Å². The molecule has 2 aromatic heterocycles. The van der Waals surface area contributed by atoms with Crippen molar-refractivity contribution in [2.24, 2.45) is 0 Å². The monoisotopic (exact) mass is 268 g/mol. The van der Waals surface area contributed by atoms with E-state index in [0.29, 0.717) is 6.04 Å². The molecule has 6 nitrogen and oxygen atoms in total. The molecule has 102 valence electrons. The molecule has 0 aliphatic carbocycles. The first kappa shape index (κ1) is 11.5. The zero-order chi connectivity index (χ0) is 13.5. The number of aryl methyl sites for hydroxylation is 2. The Morgan fingerprint density at radius 3 is 3.10 bits per heavy atom. The fraction of sp³-hybridized carbons (Fsp3) is 0.357. The summed E-state index contributed by atoms with van der Waals surface area (Å²) in [7, 11) is 0. The average Bonchev–Trinajstić information content (AvgIpc) is 2.99. The molecule has 1 aliphatic rings. The molecule has 0 fully saturated rings. The number of hydrogen-bond donors (Lipinski definition) is 2. The van der Waals surface area contributed by atoms with Crippen LogP contribution in [0.4, 0.5) is 5.95 Å². The number of fused-ring (bicyclic) bond motifs is 2. The molecule has 0 spiro atoms. The second-order valence-corrected chi connectivity index (χ2v) is 5.24. The first-order chi connectivity index (χ1) is 9.78. The van der Waals surface area contributed by atoms with E-state index in [1.54, 1.807) is 0 Å². The quantitative estimate of drug-likeness (QED) is 0.744. The van der Waals surface area contributed by atoms with Gasteiger partial charge in [0.1, 0.15) is 11.6 Å². The van der Waals surface area contributed by atoms with Crippen molar-refractivity contribution in [3.8, 4) is 0 Å². The standard InChI is InChI=1S/C14H16N6/c1-9-15-13-7-6-10(8-20(13)19-9)16-14-17-11-4-2-3-5-12(11)18-14/h2-5,10H,6-8H2,1H3,(H2,16,17,18). The van der Waals surface area contributed by atoms with Crippen LogP contribution in [0.3, 0.4) is 0 Å². The van der Waals surface area contributed by atoms with Gasteiger partial charge in [0.05, 0.1) is 17.6 Å². The highest BCUT2D eigenvalue weighted by atomic mass is 15.4. The summed E-state index contributed by atoms with van der Waals surface area (Å²) in [5.74, 6) is 2.77. The van der Waals surface area contributed by atoms with Crippen LogP contribution in [0, 0.1) is 6.92 Å². The lowest BCUT2D eigenvalue weighted by Crippen LogP contribution is -2.32. The molecule has 1 atom stereocenters. The van der Waals surface area contributed by atoms with Crippen LogP contribution in [0.5, 0.6) is 0 Å². The van der Waals surface area contributed by atoms with Crippen LogP contribution >= 0.6 is 0 Å². The maximum absolute atomic E-state index is 4.56. The SMILES string of the molecule is Cc1nc2n(n1)CC(Nc1nc3ccccc3[nH]1)CC2. The van der Waals surface area contributed by atoms with Crippen molar-refractivity contribution in [2.45, 2.75) is 32.4 Å². The van der Waals surface area contributed by atoms with Gasteiger partial charge in [-0.05, 0) is 25.5 Å². The predicted molar refractivity (Wildman–Crippen MR) is 76.6 cm³/mol. The molecular weight excluding hydrogens is 252 g/mol. The van der Waals surface area contributed by atoms with Crippen LogP contribution in [0.2, 0.25) is 0 Å². The lowest BCUT2D eigenvalue weighted by Gasteiger charge is -2.23. The Bertz CT molecular complexity index is 723. The van der Waals surface area contributed by atoms with Gasteiger partial charge in [0, 0.05) is 12.5 Å². The number of aromatic amines is 1. The first-order valence-corrected chi connectivity index (χ1v) is 6.89. The Hall–Kier alpha value is -2.37. The number of imidazole rings is 1. The third-order valence-corrected chi connectivity index (χ3v) is 3.69. The van der Waals surface area contributed by atoms with Gasteiger partial charge >= 0.3 is 0 Å². The smallest absolute Gasteiger partial charge is 0.201 e. The van der Waals surface area contributed by atoms with E-state index in [1.807, 2.05) is 35.9 Å². The Labute approximate surface area is 116 Å². The Morgan fingerprint density at radius 1 is 1.30 bits per heavy atom. The molecule has 3 aromatic rings. The Morgan fingerprint density at radius 2 is 2.20 bits per heavy atom. The molecule has 2 N–H and O–H groups in total. The summed E-state index contributed by atoms with van der Waals surface area (Å²) < 4.78 is 2.00. The van der Waals surface area contributed by atoms with Crippen molar-refractivity contribution >= 4 is 17.0 Å². The fourth-order valence-corrected chi connectivity index (χ4v) is 2.77. The summed E-state index contributed by atoms with van der Waals surface area (Å²) in [4.78, 5) is 12.3. The molecular formula is C14H16N6. The number of anilines is 1. The lowest BCUT2D eigenvalue weighted by atomic mass is 10.1. The molecule has 0 radical (unpaired) electrons. The third-order valence-electron chi connectivity index (χ3n) is 3.69. The summed E-state index contributed by atoms with van der Waals surface area (Å²) >= 11 is 0. The zero-order valence-electron chi connectivity index (χ0n) is 11.3. The van der Waals surface area contributed by atoms with Gasteiger partial charge in [-0.3, -0.25) is 0 Å². The summed E-state index contributed by atoms with van der Waals surface area (Å²) in [6.45, 7) is 2.78. The summed E-state index contributed by atoms with van der Waals surface area (Å²) in [6, 6.07) is 8.39. The van der Waals surface area contributed by atoms with Crippen LogP contribution in [-0.2, 0) is 13.0 Å². The number of rotatable bonds is 2. The Balaban J connectivity index is 1.55. The second-order valence-electron chi connectivity index (χ2n) is 5.24. The van der Waals surface area contributed by atoms with Crippen molar-refractivity contribution in [2.75, 3.05) is 5.32 Å². The van der Waals surface area contributed by atoms with Crippen molar-refractivity contribution in [3.63, 3.8) is 0 Å². The summed E-state index contributed by atoms with van der Waals surface area (Å²) in [5.41, 5.74) is 2.05. The van der Waals surface area contributed by atoms with Gasteiger partial charge < -0.3 is 10.3 Å². The van der Waals surface area contributed by atoms with E-state index in [-0.39, 0.29) is 0 Å². The Kier molecular flexibility index (Phi) is 2.48. The van der Waals surface area contributed by atoms with Crippen LogP contribution < -0.4 is 5.32 Å². The number of nitrogens with zero attached hydrogens (tertiary/aromatic N) is 4. The molecule has 1 aromatic carbocycles. The van der Waals surface area contributed by atoms with Crippen molar-refractivity contribution in [1.82, 2.24) is 24.7 Å². The normalized spacial score (nSPS) is 18.1. The zero-order valence-corrected chi connectivity index (χ0v) is 11.3. The molecule has 1 unspecified atom stereocenters. The first-order valence-electron chi connectivity index (χ1n) is 6.89. The maximum Gasteiger partial charge on any atom is 0.201 e. The highest BCUT2D eigenvalue weighted by Gasteiger charge is 2.21. The van der Waals surface area contributed by atoms with E-state index in [9.17, 15) is 0 Å². The van der Waals surface area contributed by atoms with E-state index in [1.165, 1.54) is 0 Å². The molecule has 0 bridgehead atoms. The van der Waals surface area contributed by atoms with Gasteiger partial charge in [0.2, 0.25) is 5.95 Å². The minimum absolute atomic E-state index is 0.337. The average molecular weight is 268 g/mol. The molecule has 0 saturated heterocycles. The van der Waals surface area contributed by atoms with Gasteiger partial charge in [-0.25, -0.2) is 14.6 Å². The molecule has 3 heterocycles. The summed E-state index contributed by atoms with van der Waals surface area (Å²) in [5, 5.41) is 7.89. The highest BCUT2D eigenvalue weighted by Crippen LogP contribution is 2.18. The van der Waals surface area contributed by atoms with Crippen molar-refractivity contribution in [1.29, 1.82) is 0 Å². The van der Waals surface area contributed by atoms with E-state index in [2.05, 4.69) is 25.4 Å². The largest absolute Gasteiger partial charge is 0.351 e. The number of benzene rings is 1. The van der Waals surface area contributed by atoms with Gasteiger partial charge in [0.25, 0.3) is 0 Å². The third kappa shape index (κ3) is 1.93. The minimum Gasteiger partial charge on any atom is -0.351 e. The van der Waals surface area contributed by atoms with Gasteiger partial charge in [-0.15, -0.1) is 0 Å². The number of hydrogen-bond acceptors (Lipinski definition) is 4. The van der Waals surface area contributed by atoms with E-state index in [4.69, 9.17) is 0 Å². The maximum atomic E-state index is 4.56. The van der Waals surface area contributed by atoms with Gasteiger partial charge in [-0.1, -0.05) is 12.1 Å². The van der Waals surface area contributed by atoms with Gasteiger partial charge in [0.15, 0.2) is 0 Å². The van der Waals surface area contributed by atoms with Crippen LogP contribution in [0.15, 0.2) is 24.3 Å². The minimum atomic E-state index is 0.337. The number of aromatic nitrogens is 5. The molecule has 0 saturated carbocycles. The molecule has 1 aliphatic heterocycles. The van der Waals surface area contributed by atoms with Crippen molar-refractivity contribution < 1.29 is 0 Å². The molecule has 20 heavy (non-hydrogen) atoms. The number of nitrogens with one attached hydrogen (secondary N) is 2. The number of para-hydroxylation sites is 2. The van der Waals surface area contributed by atoms with E-state index in [0.717, 1.165) is 48.0 Å². The van der Waals surface area contributed by atoms with E-state index < -0.39 is 0 Å². The predicted octanol–water partition coefficient (Wildman–Crippen LogP) is 1.89. The highest BCUT2D eigenvalue weighted by molar-refractivity contribution is 5.77. The summed E-state index contributed by atoms with van der Waals surface area (Å²) in [6.07, 6.45) is 2.01. The topological polar surface area (TPSA) is 71.4 Å². The lowest BCUT2D eigenvalue weighted by molar-refractivity contribution is 0.439. The number of H-pyrrole nitrogens is 1. The van der Waals surface area contributed by atoms with E-state index >= 15 is 0 Å². The molecule has 4 rings (SSSR count). The molecule has 0 amide bonds.